The third-order valence-electron chi connectivity index (χ3n) is 7.42. The Balaban J connectivity index is 1.31. The predicted molar refractivity (Wildman–Crippen MR) is 137 cm³/mol. The Hall–Kier alpha value is -3.15. The zero-order chi connectivity index (χ0) is 24.6. The molecule has 1 saturated heterocycles. The minimum absolute atomic E-state index is 0.00704. The molecule has 186 valence electrons. The molecule has 1 saturated carbocycles. The van der Waals surface area contributed by atoms with E-state index in [1.165, 1.54) is 0 Å². The van der Waals surface area contributed by atoms with Crippen LogP contribution in [0.3, 0.4) is 0 Å². The van der Waals surface area contributed by atoms with Crippen LogP contribution < -0.4 is 10.6 Å². The van der Waals surface area contributed by atoms with Gasteiger partial charge in [-0.2, -0.15) is 0 Å². The quantitative estimate of drug-likeness (QED) is 0.635. The van der Waals surface area contributed by atoms with Crippen molar-refractivity contribution in [2.45, 2.75) is 70.4 Å². The van der Waals surface area contributed by atoms with Gasteiger partial charge in [-0.3, -0.25) is 14.4 Å². The van der Waals surface area contributed by atoms with E-state index in [2.05, 4.69) is 10.6 Å². The first kappa shape index (κ1) is 25.0. The van der Waals surface area contributed by atoms with Crippen LogP contribution in [0.15, 0.2) is 54.6 Å². The summed E-state index contributed by atoms with van der Waals surface area (Å²) in [4.78, 5) is 40.8. The van der Waals surface area contributed by atoms with Gasteiger partial charge < -0.3 is 15.5 Å². The molecule has 2 aromatic carbocycles. The van der Waals surface area contributed by atoms with Gasteiger partial charge >= 0.3 is 0 Å². The SMILES string of the molecule is Cc1ccccc1C(=O)N[C@@H]1CCCC[C@H]1NC(=O)[C@H]1CCCN(C(=O)CCc2ccccc2)C1. The normalized spacial score (nSPS) is 22.3. The maximum Gasteiger partial charge on any atom is 0.251 e. The number of piperidine rings is 1. The van der Waals surface area contributed by atoms with Crippen molar-refractivity contribution < 1.29 is 14.4 Å². The number of aryl methyl sites for hydroxylation is 2. The molecule has 2 N–H and O–H groups in total. The largest absolute Gasteiger partial charge is 0.351 e. The molecule has 2 aliphatic rings. The molecule has 4 rings (SSSR count). The van der Waals surface area contributed by atoms with Crippen molar-refractivity contribution >= 4 is 17.7 Å². The molecule has 2 aromatic rings. The fraction of sp³-hybridized carbons (Fsp3) is 0.483. The summed E-state index contributed by atoms with van der Waals surface area (Å²) in [5.74, 6) is -0.152. The van der Waals surface area contributed by atoms with Gasteiger partial charge in [0.1, 0.15) is 0 Å². The molecule has 0 spiro atoms. The lowest BCUT2D eigenvalue weighted by molar-refractivity contribution is -0.136. The van der Waals surface area contributed by atoms with E-state index in [-0.39, 0.29) is 35.7 Å². The number of benzene rings is 2. The second kappa shape index (κ2) is 12.0. The fourth-order valence-electron chi connectivity index (χ4n) is 5.32. The zero-order valence-corrected chi connectivity index (χ0v) is 20.7. The van der Waals surface area contributed by atoms with Crippen LogP contribution in [0, 0.1) is 12.8 Å². The highest BCUT2D eigenvalue weighted by Gasteiger charge is 2.33. The number of hydrogen-bond donors (Lipinski definition) is 2. The molecular weight excluding hydrogens is 438 g/mol. The first-order valence-corrected chi connectivity index (χ1v) is 13.0. The summed E-state index contributed by atoms with van der Waals surface area (Å²) in [5.41, 5.74) is 2.78. The minimum Gasteiger partial charge on any atom is -0.351 e. The number of carbonyl (C=O) groups is 3. The summed E-state index contributed by atoms with van der Waals surface area (Å²) >= 11 is 0. The summed E-state index contributed by atoms with van der Waals surface area (Å²) in [6.45, 7) is 3.13. The number of nitrogens with one attached hydrogen (secondary N) is 2. The molecule has 2 fully saturated rings. The highest BCUT2D eigenvalue weighted by atomic mass is 16.2. The third-order valence-corrected chi connectivity index (χ3v) is 7.42. The van der Waals surface area contributed by atoms with E-state index in [1.807, 2.05) is 66.4 Å². The highest BCUT2D eigenvalue weighted by molar-refractivity contribution is 5.95. The molecule has 0 unspecified atom stereocenters. The Bertz CT molecular complexity index is 1020. The van der Waals surface area contributed by atoms with E-state index in [1.54, 1.807) is 0 Å². The lowest BCUT2D eigenvalue weighted by Crippen LogP contribution is -2.55. The molecule has 0 radical (unpaired) electrons. The summed E-state index contributed by atoms with van der Waals surface area (Å²) < 4.78 is 0. The first-order valence-electron chi connectivity index (χ1n) is 13.0. The highest BCUT2D eigenvalue weighted by Crippen LogP contribution is 2.23. The lowest BCUT2D eigenvalue weighted by atomic mass is 9.88. The van der Waals surface area contributed by atoms with Gasteiger partial charge in [0.05, 0.1) is 5.92 Å². The maximum atomic E-state index is 13.2. The molecule has 0 aromatic heterocycles. The van der Waals surface area contributed by atoms with Crippen molar-refractivity contribution in [3.8, 4) is 0 Å². The topological polar surface area (TPSA) is 78.5 Å². The molecule has 35 heavy (non-hydrogen) atoms. The number of amides is 3. The number of hydrogen-bond acceptors (Lipinski definition) is 3. The Kier molecular flexibility index (Phi) is 8.56. The number of carbonyl (C=O) groups excluding carboxylic acids is 3. The molecule has 0 bridgehead atoms. The van der Waals surface area contributed by atoms with Gasteiger partial charge in [0.2, 0.25) is 11.8 Å². The fourth-order valence-corrected chi connectivity index (χ4v) is 5.32. The van der Waals surface area contributed by atoms with Gasteiger partial charge in [0.15, 0.2) is 0 Å². The average Bonchev–Trinajstić information content (AvgIpc) is 2.89. The number of nitrogens with zero attached hydrogens (tertiary/aromatic N) is 1. The van der Waals surface area contributed by atoms with Crippen LogP contribution in [0.25, 0.3) is 0 Å². The van der Waals surface area contributed by atoms with Gasteiger partial charge in [-0.1, -0.05) is 61.4 Å². The number of rotatable bonds is 7. The molecule has 6 nitrogen and oxygen atoms in total. The van der Waals surface area contributed by atoms with Crippen molar-refractivity contribution in [3.63, 3.8) is 0 Å². The van der Waals surface area contributed by atoms with Gasteiger partial charge in [-0.25, -0.2) is 0 Å². The lowest BCUT2D eigenvalue weighted by Gasteiger charge is -2.36. The van der Waals surface area contributed by atoms with Gasteiger partial charge in [0.25, 0.3) is 5.91 Å². The maximum absolute atomic E-state index is 13.2. The minimum atomic E-state index is -0.195. The summed E-state index contributed by atoms with van der Waals surface area (Å²) in [5, 5.41) is 6.41. The van der Waals surface area contributed by atoms with Crippen molar-refractivity contribution in [2.75, 3.05) is 13.1 Å². The van der Waals surface area contributed by atoms with E-state index in [9.17, 15) is 14.4 Å². The predicted octanol–water partition coefficient (Wildman–Crippen LogP) is 4.02. The van der Waals surface area contributed by atoms with E-state index in [0.29, 0.717) is 18.5 Å². The van der Waals surface area contributed by atoms with Crippen LogP contribution in [0.2, 0.25) is 0 Å². The molecule has 1 aliphatic heterocycles. The second-order valence-electron chi connectivity index (χ2n) is 9.96. The van der Waals surface area contributed by atoms with Crippen LogP contribution in [0.1, 0.15) is 66.4 Å². The molecule has 1 heterocycles. The van der Waals surface area contributed by atoms with Gasteiger partial charge in [-0.15, -0.1) is 0 Å². The van der Waals surface area contributed by atoms with Crippen LogP contribution in [0.4, 0.5) is 0 Å². The van der Waals surface area contributed by atoms with E-state index >= 15 is 0 Å². The van der Waals surface area contributed by atoms with E-state index in [0.717, 1.165) is 62.6 Å². The second-order valence-corrected chi connectivity index (χ2v) is 9.96. The molecule has 1 aliphatic carbocycles. The first-order chi connectivity index (χ1) is 17.0. The molecule has 3 amide bonds. The van der Waals surface area contributed by atoms with Crippen LogP contribution in [0.5, 0.6) is 0 Å². The summed E-state index contributed by atoms with van der Waals surface area (Å²) in [6, 6.07) is 17.5. The van der Waals surface area contributed by atoms with Crippen molar-refractivity contribution in [1.82, 2.24) is 15.5 Å². The van der Waals surface area contributed by atoms with E-state index in [4.69, 9.17) is 0 Å². The zero-order valence-electron chi connectivity index (χ0n) is 20.7. The van der Waals surface area contributed by atoms with Crippen molar-refractivity contribution in [3.05, 3.63) is 71.3 Å². The van der Waals surface area contributed by atoms with Crippen LogP contribution >= 0.6 is 0 Å². The van der Waals surface area contributed by atoms with Crippen molar-refractivity contribution in [1.29, 1.82) is 0 Å². The molecule has 6 heteroatoms. The Labute approximate surface area is 208 Å². The third kappa shape index (κ3) is 6.71. The average molecular weight is 476 g/mol. The Morgan fingerprint density at radius 1 is 0.857 bits per heavy atom. The van der Waals surface area contributed by atoms with E-state index < -0.39 is 0 Å². The summed E-state index contributed by atoms with van der Waals surface area (Å²) in [6.07, 6.45) is 6.61. The van der Waals surface area contributed by atoms with Crippen molar-refractivity contribution in [2.24, 2.45) is 5.92 Å². The Morgan fingerprint density at radius 3 is 2.29 bits per heavy atom. The van der Waals surface area contributed by atoms with Crippen LogP contribution in [-0.4, -0.2) is 47.8 Å². The van der Waals surface area contributed by atoms with Gasteiger partial charge in [-0.05, 0) is 56.2 Å². The number of likely N-dealkylation sites (tertiary alicyclic amines) is 1. The standard InChI is InChI=1S/C29H37N3O3/c1-21-10-5-6-14-24(21)29(35)31-26-16-8-7-15-25(26)30-28(34)23-13-9-19-32(20-23)27(33)18-17-22-11-3-2-4-12-22/h2-6,10-12,14,23,25-26H,7-9,13,15-20H2,1H3,(H,30,34)(H,31,35)/t23-,25+,26+/m0/s1. The van der Waals surface area contributed by atoms with Gasteiger partial charge in [0, 0.05) is 37.2 Å². The summed E-state index contributed by atoms with van der Waals surface area (Å²) in [7, 11) is 0. The molecule has 3 atom stereocenters. The molecular formula is C29H37N3O3. The van der Waals surface area contributed by atoms with Crippen LogP contribution in [-0.2, 0) is 16.0 Å². The smallest absolute Gasteiger partial charge is 0.251 e. The monoisotopic (exact) mass is 475 g/mol. The Morgan fingerprint density at radius 2 is 1.54 bits per heavy atom.